The number of benzene rings is 1. The van der Waals surface area contributed by atoms with E-state index in [0.29, 0.717) is 22.9 Å². The molecule has 9 heteroatoms. The standard InChI is InChI=1S/C19H30N6O2S/c1-12(2)24(13(3)4)15-8-9-16(17(10-15)23-28(7,26)27)22-18-11-21-25(14(5)6)19(18)20/h8-14H,1-7H3,(H2,20,21,23)/p+1. The average Bonchev–Trinajstić information content (AvgIpc) is 2.88. The molecule has 0 aliphatic carbocycles. The molecule has 1 heterocycles. The quantitative estimate of drug-likeness (QED) is 0.678. The van der Waals surface area contributed by atoms with Gasteiger partial charge in [0.25, 0.3) is 0 Å². The Kier molecular flexibility index (Phi) is 6.48. The highest BCUT2D eigenvalue weighted by atomic mass is 32.2. The van der Waals surface area contributed by atoms with E-state index < -0.39 is 10.0 Å². The lowest BCUT2D eigenvalue weighted by Crippen LogP contribution is -2.37. The summed E-state index contributed by atoms with van der Waals surface area (Å²) in [5.74, 6) is 0.440. The van der Waals surface area contributed by atoms with E-state index >= 15 is 0 Å². The molecule has 1 aliphatic rings. The minimum atomic E-state index is -3.47. The predicted octanol–water partition coefficient (Wildman–Crippen LogP) is 2.53. The number of nitrogens with two attached hydrogens (primary N) is 1. The second kappa shape index (κ2) is 8.30. The van der Waals surface area contributed by atoms with Gasteiger partial charge in [0.15, 0.2) is 5.71 Å². The summed E-state index contributed by atoms with van der Waals surface area (Å²) in [7, 11) is -3.47. The zero-order chi connectivity index (χ0) is 21.2. The van der Waals surface area contributed by atoms with Crippen LogP contribution in [0, 0.1) is 0 Å². The van der Waals surface area contributed by atoms with E-state index in [0.717, 1.165) is 11.9 Å². The Morgan fingerprint density at radius 1 is 1.14 bits per heavy atom. The first-order chi connectivity index (χ1) is 12.9. The maximum absolute atomic E-state index is 11.9. The van der Waals surface area contributed by atoms with Crippen molar-refractivity contribution in [3.05, 3.63) is 18.2 Å². The summed E-state index contributed by atoms with van der Waals surface area (Å²) in [4.78, 5) is 6.77. The molecule has 0 fully saturated rings. The van der Waals surface area contributed by atoms with Crippen molar-refractivity contribution in [3.63, 3.8) is 0 Å². The fourth-order valence-corrected chi connectivity index (χ4v) is 3.81. The summed E-state index contributed by atoms with van der Waals surface area (Å²) < 4.78 is 28.1. The van der Waals surface area contributed by atoms with Gasteiger partial charge in [-0.15, -0.1) is 4.68 Å². The fourth-order valence-electron chi connectivity index (χ4n) is 3.25. The minimum absolute atomic E-state index is 0.102. The zero-order valence-corrected chi connectivity index (χ0v) is 18.4. The van der Waals surface area contributed by atoms with Crippen LogP contribution in [0.5, 0.6) is 0 Å². The van der Waals surface area contributed by atoms with Crippen LogP contribution in [0.4, 0.5) is 17.1 Å². The maximum atomic E-state index is 11.9. The van der Waals surface area contributed by atoms with Crippen molar-refractivity contribution < 1.29 is 13.1 Å². The molecule has 8 nitrogen and oxygen atoms in total. The molecule has 154 valence electrons. The summed E-state index contributed by atoms with van der Waals surface area (Å²) in [5, 5.41) is 4.26. The van der Waals surface area contributed by atoms with E-state index in [1.54, 1.807) is 17.0 Å². The van der Waals surface area contributed by atoms with Crippen LogP contribution < -0.4 is 15.4 Å². The van der Waals surface area contributed by atoms with Gasteiger partial charge in [-0.25, -0.2) is 13.4 Å². The lowest BCUT2D eigenvalue weighted by Gasteiger charge is -2.33. The second-order valence-electron chi connectivity index (χ2n) is 7.74. The lowest BCUT2D eigenvalue weighted by molar-refractivity contribution is -0.560. The van der Waals surface area contributed by atoms with Crippen LogP contribution in [-0.4, -0.2) is 55.2 Å². The van der Waals surface area contributed by atoms with Gasteiger partial charge in [0, 0.05) is 17.8 Å². The largest absolute Gasteiger partial charge is 0.367 e. The van der Waals surface area contributed by atoms with Gasteiger partial charge < -0.3 is 4.90 Å². The van der Waals surface area contributed by atoms with Gasteiger partial charge in [-0.2, -0.15) is 0 Å². The summed E-state index contributed by atoms with van der Waals surface area (Å²) >= 11 is 0. The smallest absolute Gasteiger partial charge is 0.321 e. The van der Waals surface area contributed by atoms with Crippen LogP contribution in [0.15, 0.2) is 28.3 Å². The van der Waals surface area contributed by atoms with Gasteiger partial charge in [0.2, 0.25) is 10.0 Å². The van der Waals surface area contributed by atoms with Crippen LogP contribution in [0.1, 0.15) is 41.5 Å². The third-order valence-electron chi connectivity index (χ3n) is 4.23. The van der Waals surface area contributed by atoms with Crippen molar-refractivity contribution >= 4 is 44.8 Å². The lowest BCUT2D eigenvalue weighted by atomic mass is 10.1. The number of anilines is 2. The Morgan fingerprint density at radius 3 is 2.21 bits per heavy atom. The SMILES string of the molecule is CC(C)N(c1ccc(N=C2C=N[N+](C(C)C)=C2N)c(NS(C)(=O)=O)c1)C(C)C. The number of hydrogen-bond acceptors (Lipinski definition) is 6. The van der Waals surface area contributed by atoms with Crippen LogP contribution in [-0.2, 0) is 10.0 Å². The van der Waals surface area contributed by atoms with E-state index in [-0.39, 0.29) is 18.1 Å². The van der Waals surface area contributed by atoms with Gasteiger partial charge in [0.05, 0.1) is 17.6 Å². The molecular formula is C19H31N6O2S+. The second-order valence-corrected chi connectivity index (χ2v) is 9.48. The Labute approximate surface area is 167 Å². The zero-order valence-electron chi connectivity index (χ0n) is 17.6. The monoisotopic (exact) mass is 407 g/mol. The van der Waals surface area contributed by atoms with E-state index in [2.05, 4.69) is 47.4 Å². The molecule has 1 aliphatic heterocycles. The van der Waals surface area contributed by atoms with Crippen LogP contribution in [0.2, 0.25) is 0 Å². The molecule has 0 atom stereocenters. The molecule has 0 amide bonds. The molecular weight excluding hydrogens is 376 g/mol. The molecule has 0 unspecified atom stereocenters. The van der Waals surface area contributed by atoms with Crippen molar-refractivity contribution in [2.75, 3.05) is 15.9 Å². The Balaban J connectivity index is 2.56. The van der Waals surface area contributed by atoms with Gasteiger partial charge in [-0.3, -0.25) is 10.5 Å². The van der Waals surface area contributed by atoms with Crippen molar-refractivity contribution in [3.8, 4) is 0 Å². The van der Waals surface area contributed by atoms with Crippen LogP contribution in [0.3, 0.4) is 0 Å². The Bertz CT molecular complexity index is 922. The third kappa shape index (κ3) is 5.09. The molecule has 2 rings (SSSR count). The Hall–Kier alpha value is -2.42. The summed E-state index contributed by atoms with van der Waals surface area (Å²) in [6.07, 6.45) is 2.71. The number of nitrogens with zero attached hydrogens (tertiary/aromatic N) is 4. The number of aliphatic imine (C=N–C) groups is 1. The highest BCUT2D eigenvalue weighted by Gasteiger charge is 2.24. The van der Waals surface area contributed by atoms with Crippen molar-refractivity contribution in [2.45, 2.75) is 59.7 Å². The first-order valence-corrected chi connectivity index (χ1v) is 11.2. The van der Waals surface area contributed by atoms with E-state index in [9.17, 15) is 8.42 Å². The van der Waals surface area contributed by atoms with Crippen LogP contribution >= 0.6 is 0 Å². The highest BCUT2D eigenvalue weighted by molar-refractivity contribution is 7.92. The summed E-state index contributed by atoms with van der Waals surface area (Å²) in [6.45, 7) is 12.4. The van der Waals surface area contributed by atoms with Crippen molar-refractivity contribution in [1.82, 2.24) is 0 Å². The first kappa shape index (κ1) is 21.9. The topological polar surface area (TPSA) is 103 Å². The number of nitrogens with one attached hydrogen (secondary N) is 1. The molecule has 0 saturated carbocycles. The third-order valence-corrected chi connectivity index (χ3v) is 4.82. The maximum Gasteiger partial charge on any atom is 0.321 e. The number of hydrazone groups is 1. The van der Waals surface area contributed by atoms with Gasteiger partial charge in [-0.1, -0.05) is 5.10 Å². The van der Waals surface area contributed by atoms with E-state index in [1.165, 1.54) is 0 Å². The molecule has 0 spiro atoms. The highest BCUT2D eigenvalue weighted by Crippen LogP contribution is 2.32. The number of amidine groups is 1. The van der Waals surface area contributed by atoms with Gasteiger partial charge in [-0.05, 0) is 59.7 Å². The fraction of sp³-hybridized carbons (Fsp3) is 0.526. The minimum Gasteiger partial charge on any atom is -0.367 e. The van der Waals surface area contributed by atoms with Crippen molar-refractivity contribution in [2.24, 2.45) is 15.8 Å². The predicted molar refractivity (Wildman–Crippen MR) is 118 cm³/mol. The first-order valence-electron chi connectivity index (χ1n) is 9.35. The number of sulfonamides is 1. The van der Waals surface area contributed by atoms with Gasteiger partial charge in [0.1, 0.15) is 12.3 Å². The Morgan fingerprint density at radius 2 is 1.75 bits per heavy atom. The normalized spacial score (nSPS) is 16.1. The number of hydrogen-bond donors (Lipinski definition) is 2. The number of rotatable bonds is 7. The van der Waals surface area contributed by atoms with Gasteiger partial charge >= 0.3 is 5.84 Å². The molecule has 0 aromatic heterocycles. The van der Waals surface area contributed by atoms with Crippen LogP contribution in [0.25, 0.3) is 0 Å². The molecule has 0 bridgehead atoms. The molecule has 3 N–H and O–H groups in total. The molecule has 1 aromatic carbocycles. The molecule has 1 aromatic rings. The molecule has 28 heavy (non-hydrogen) atoms. The molecule has 0 radical (unpaired) electrons. The van der Waals surface area contributed by atoms with E-state index in [4.69, 9.17) is 5.73 Å². The van der Waals surface area contributed by atoms with Crippen molar-refractivity contribution in [1.29, 1.82) is 0 Å². The summed E-state index contributed by atoms with van der Waals surface area (Å²) in [6, 6.07) is 6.17. The summed E-state index contributed by atoms with van der Waals surface area (Å²) in [5.41, 5.74) is 8.46. The molecule has 0 saturated heterocycles. The average molecular weight is 408 g/mol. The van der Waals surface area contributed by atoms with E-state index in [1.807, 2.05) is 26.0 Å².